The number of hydrogen-bond acceptors (Lipinski definition) is 6. The monoisotopic (exact) mass is 342 g/mol. The Bertz CT molecular complexity index is 345. The van der Waals surface area contributed by atoms with Crippen LogP contribution in [-0.2, 0) is 18.9 Å². The molecule has 0 unspecified atom stereocenters. The minimum absolute atomic E-state index is 0.514. The van der Waals surface area contributed by atoms with Gasteiger partial charge in [0.15, 0.2) is 0 Å². The van der Waals surface area contributed by atoms with Gasteiger partial charge in [-0.1, -0.05) is 0 Å². The highest BCUT2D eigenvalue weighted by molar-refractivity contribution is 5.31. The van der Waals surface area contributed by atoms with Crippen LogP contribution >= 0.6 is 0 Å². The number of ether oxygens (including phenoxy) is 6. The van der Waals surface area contributed by atoms with Gasteiger partial charge in [0.2, 0.25) is 0 Å². The lowest BCUT2D eigenvalue weighted by molar-refractivity contribution is 0.0400. The largest absolute Gasteiger partial charge is 0.491 e. The van der Waals surface area contributed by atoms with Crippen molar-refractivity contribution in [2.75, 3.05) is 66.1 Å². The molecule has 0 aromatic heterocycles. The van der Waals surface area contributed by atoms with Crippen LogP contribution in [-0.4, -0.2) is 66.1 Å². The van der Waals surface area contributed by atoms with Gasteiger partial charge in [-0.25, -0.2) is 0 Å². The summed E-state index contributed by atoms with van der Waals surface area (Å²) in [5.41, 5.74) is 0. The van der Waals surface area contributed by atoms with Gasteiger partial charge in [-0.15, -0.1) is 0 Å². The van der Waals surface area contributed by atoms with Crippen LogP contribution in [0.5, 0.6) is 11.5 Å². The highest BCUT2D eigenvalue weighted by Crippen LogP contribution is 2.17. The van der Waals surface area contributed by atoms with E-state index in [2.05, 4.69) is 0 Å². The maximum atomic E-state index is 5.59. The zero-order valence-corrected chi connectivity index (χ0v) is 14.8. The smallest absolute Gasteiger partial charge is 0.119 e. The molecule has 0 aliphatic rings. The van der Waals surface area contributed by atoms with E-state index in [9.17, 15) is 0 Å². The van der Waals surface area contributed by atoms with E-state index in [0.29, 0.717) is 66.1 Å². The molecule has 1 aromatic rings. The number of benzene rings is 1. The minimum Gasteiger partial charge on any atom is -0.491 e. The molecule has 1 aromatic carbocycles. The first-order valence-corrected chi connectivity index (χ1v) is 8.53. The molecule has 1 rings (SSSR count). The average molecular weight is 342 g/mol. The predicted molar refractivity (Wildman–Crippen MR) is 92.1 cm³/mol. The SMILES string of the molecule is CCOCCOCCOc1ccc(OCCOCCOCC)cc1. The zero-order valence-electron chi connectivity index (χ0n) is 14.8. The molecule has 0 fully saturated rings. The first-order chi connectivity index (χ1) is 11.9. The van der Waals surface area contributed by atoms with E-state index in [1.165, 1.54) is 0 Å². The maximum Gasteiger partial charge on any atom is 0.119 e. The van der Waals surface area contributed by atoms with Crippen LogP contribution in [0.25, 0.3) is 0 Å². The van der Waals surface area contributed by atoms with Crippen LogP contribution in [0.2, 0.25) is 0 Å². The molecule has 0 amide bonds. The standard InChI is InChI=1S/C18H30O6/c1-3-19-9-11-21-13-15-23-17-5-7-18(8-6-17)24-16-14-22-12-10-20-4-2/h5-8H,3-4,9-16H2,1-2H3. The minimum atomic E-state index is 0.514. The van der Waals surface area contributed by atoms with Gasteiger partial charge in [0, 0.05) is 13.2 Å². The fourth-order valence-electron chi connectivity index (χ4n) is 1.80. The second-order valence-electron chi connectivity index (χ2n) is 4.79. The average Bonchev–Trinajstić information content (AvgIpc) is 2.61. The topological polar surface area (TPSA) is 55.4 Å². The summed E-state index contributed by atoms with van der Waals surface area (Å²) in [5, 5.41) is 0. The Morgan fingerprint density at radius 3 is 1.21 bits per heavy atom. The zero-order chi connectivity index (χ0) is 17.3. The van der Waals surface area contributed by atoms with Gasteiger partial charge in [-0.3, -0.25) is 0 Å². The quantitative estimate of drug-likeness (QED) is 0.430. The Morgan fingerprint density at radius 2 is 0.833 bits per heavy atom. The number of rotatable bonds is 16. The van der Waals surface area contributed by atoms with Gasteiger partial charge in [-0.2, -0.15) is 0 Å². The van der Waals surface area contributed by atoms with Crippen LogP contribution in [0.1, 0.15) is 13.8 Å². The van der Waals surface area contributed by atoms with E-state index in [0.717, 1.165) is 11.5 Å². The van der Waals surface area contributed by atoms with E-state index in [4.69, 9.17) is 28.4 Å². The van der Waals surface area contributed by atoms with Gasteiger partial charge in [0.05, 0.1) is 39.6 Å². The number of hydrogen-bond donors (Lipinski definition) is 0. The first-order valence-electron chi connectivity index (χ1n) is 8.53. The molecule has 0 atom stereocenters. The van der Waals surface area contributed by atoms with Crippen molar-refractivity contribution >= 4 is 0 Å². The lowest BCUT2D eigenvalue weighted by Gasteiger charge is -2.09. The Labute approximate surface area is 144 Å². The molecule has 0 radical (unpaired) electrons. The van der Waals surface area contributed by atoms with E-state index in [-0.39, 0.29) is 0 Å². The van der Waals surface area contributed by atoms with Crippen molar-refractivity contribution in [3.05, 3.63) is 24.3 Å². The molecule has 0 aliphatic carbocycles. The summed E-state index contributed by atoms with van der Waals surface area (Å²) in [5.74, 6) is 1.59. The molecular weight excluding hydrogens is 312 g/mol. The summed E-state index contributed by atoms with van der Waals surface area (Å²) in [6, 6.07) is 7.52. The lowest BCUT2D eigenvalue weighted by Crippen LogP contribution is -2.11. The van der Waals surface area contributed by atoms with Crippen LogP contribution in [0, 0.1) is 0 Å². The molecule has 0 aliphatic heterocycles. The van der Waals surface area contributed by atoms with Crippen LogP contribution in [0.15, 0.2) is 24.3 Å². The Balaban J connectivity index is 2.02. The summed E-state index contributed by atoms with van der Waals surface area (Å²) in [6.07, 6.45) is 0. The Hall–Kier alpha value is -1.34. The summed E-state index contributed by atoms with van der Waals surface area (Å²) >= 11 is 0. The molecule has 0 saturated carbocycles. The van der Waals surface area contributed by atoms with Crippen LogP contribution < -0.4 is 9.47 Å². The van der Waals surface area contributed by atoms with Crippen molar-refractivity contribution in [2.45, 2.75) is 13.8 Å². The van der Waals surface area contributed by atoms with E-state index in [1.807, 2.05) is 38.1 Å². The molecule has 0 heterocycles. The van der Waals surface area contributed by atoms with Crippen molar-refractivity contribution in [3.8, 4) is 11.5 Å². The molecule has 138 valence electrons. The lowest BCUT2D eigenvalue weighted by atomic mass is 10.3. The third kappa shape index (κ3) is 11.2. The van der Waals surface area contributed by atoms with E-state index < -0.39 is 0 Å². The third-order valence-electron chi connectivity index (χ3n) is 2.97. The normalized spacial score (nSPS) is 10.8. The Morgan fingerprint density at radius 1 is 0.500 bits per heavy atom. The maximum absolute atomic E-state index is 5.59. The van der Waals surface area contributed by atoms with Crippen molar-refractivity contribution in [3.63, 3.8) is 0 Å². The Kier molecular flexibility index (Phi) is 13.1. The van der Waals surface area contributed by atoms with Crippen molar-refractivity contribution in [2.24, 2.45) is 0 Å². The van der Waals surface area contributed by atoms with Gasteiger partial charge < -0.3 is 28.4 Å². The molecule has 6 nitrogen and oxygen atoms in total. The molecule has 0 spiro atoms. The van der Waals surface area contributed by atoms with Crippen molar-refractivity contribution in [1.82, 2.24) is 0 Å². The summed E-state index contributed by atoms with van der Waals surface area (Å²) in [7, 11) is 0. The fourth-order valence-corrected chi connectivity index (χ4v) is 1.80. The summed E-state index contributed by atoms with van der Waals surface area (Å²) < 4.78 is 32.3. The summed E-state index contributed by atoms with van der Waals surface area (Å²) in [6.45, 7) is 9.91. The highest BCUT2D eigenvalue weighted by atomic mass is 16.5. The second kappa shape index (κ2) is 15.2. The third-order valence-corrected chi connectivity index (χ3v) is 2.97. The van der Waals surface area contributed by atoms with E-state index >= 15 is 0 Å². The molecule has 24 heavy (non-hydrogen) atoms. The second-order valence-corrected chi connectivity index (χ2v) is 4.79. The molecule has 0 N–H and O–H groups in total. The fraction of sp³-hybridized carbons (Fsp3) is 0.667. The highest BCUT2D eigenvalue weighted by Gasteiger charge is 1.97. The molecule has 0 bridgehead atoms. The summed E-state index contributed by atoms with van der Waals surface area (Å²) in [4.78, 5) is 0. The van der Waals surface area contributed by atoms with Crippen molar-refractivity contribution in [1.29, 1.82) is 0 Å². The predicted octanol–water partition coefficient (Wildman–Crippen LogP) is 2.55. The first kappa shape index (κ1) is 20.7. The molecular formula is C18H30O6. The molecule has 6 heteroatoms. The molecule has 0 saturated heterocycles. The van der Waals surface area contributed by atoms with Gasteiger partial charge >= 0.3 is 0 Å². The van der Waals surface area contributed by atoms with Crippen molar-refractivity contribution < 1.29 is 28.4 Å². The van der Waals surface area contributed by atoms with Crippen LogP contribution in [0.3, 0.4) is 0 Å². The van der Waals surface area contributed by atoms with Gasteiger partial charge in [-0.05, 0) is 38.1 Å². The van der Waals surface area contributed by atoms with Crippen LogP contribution in [0.4, 0.5) is 0 Å². The van der Waals surface area contributed by atoms with E-state index in [1.54, 1.807) is 0 Å². The van der Waals surface area contributed by atoms with Gasteiger partial charge in [0.25, 0.3) is 0 Å². The van der Waals surface area contributed by atoms with Gasteiger partial charge in [0.1, 0.15) is 24.7 Å².